The number of amides is 1. The van der Waals surface area contributed by atoms with Gasteiger partial charge < -0.3 is 9.73 Å². The highest BCUT2D eigenvalue weighted by Crippen LogP contribution is 2.26. The number of furan rings is 1. The predicted octanol–water partition coefficient (Wildman–Crippen LogP) is 3.44. The van der Waals surface area contributed by atoms with Crippen LogP contribution in [0.15, 0.2) is 22.6 Å². The highest BCUT2D eigenvalue weighted by Gasteiger charge is 2.18. The molecule has 0 aliphatic heterocycles. The van der Waals surface area contributed by atoms with Crippen molar-refractivity contribution >= 4 is 16.9 Å². The number of hydrogen-bond donors (Lipinski definition) is 1. The van der Waals surface area contributed by atoms with E-state index in [0.29, 0.717) is 5.76 Å². The Morgan fingerprint density at radius 3 is 2.72 bits per heavy atom. The van der Waals surface area contributed by atoms with Crippen LogP contribution < -0.4 is 5.32 Å². The molecule has 2 aromatic rings. The van der Waals surface area contributed by atoms with Gasteiger partial charge >= 0.3 is 0 Å². The summed E-state index contributed by atoms with van der Waals surface area (Å²) in [6.07, 6.45) is 0.980. The average molecular weight is 245 g/mol. The van der Waals surface area contributed by atoms with Gasteiger partial charge in [-0.25, -0.2) is 0 Å². The average Bonchev–Trinajstić information content (AvgIpc) is 2.65. The van der Waals surface area contributed by atoms with Crippen molar-refractivity contribution < 1.29 is 9.21 Å². The smallest absolute Gasteiger partial charge is 0.287 e. The van der Waals surface area contributed by atoms with Crippen molar-refractivity contribution in [2.24, 2.45) is 0 Å². The molecule has 0 unspecified atom stereocenters. The maximum atomic E-state index is 12.0. The number of carbonyl (C=O) groups excluding carboxylic acids is 1. The Kier molecular flexibility index (Phi) is 3.41. The van der Waals surface area contributed by atoms with E-state index in [1.165, 1.54) is 5.56 Å². The van der Waals surface area contributed by atoms with Gasteiger partial charge in [0.05, 0.1) is 0 Å². The summed E-state index contributed by atoms with van der Waals surface area (Å²) in [6.45, 7) is 7.92. The van der Waals surface area contributed by atoms with Crippen LogP contribution in [0.1, 0.15) is 42.5 Å². The molecule has 3 nitrogen and oxygen atoms in total. The van der Waals surface area contributed by atoms with Crippen molar-refractivity contribution in [2.45, 2.75) is 40.2 Å². The van der Waals surface area contributed by atoms with Crippen LogP contribution in [0.3, 0.4) is 0 Å². The van der Waals surface area contributed by atoms with Crippen molar-refractivity contribution in [1.29, 1.82) is 0 Å². The molecule has 0 spiro atoms. The zero-order chi connectivity index (χ0) is 13.3. The highest BCUT2D eigenvalue weighted by molar-refractivity contribution is 5.99. The minimum Gasteiger partial charge on any atom is -0.451 e. The van der Waals surface area contributed by atoms with E-state index < -0.39 is 0 Å². The van der Waals surface area contributed by atoms with Crippen LogP contribution in [0.25, 0.3) is 11.0 Å². The molecule has 0 atom stereocenters. The van der Waals surface area contributed by atoms with Gasteiger partial charge in [-0.2, -0.15) is 0 Å². The largest absolute Gasteiger partial charge is 0.451 e. The van der Waals surface area contributed by atoms with E-state index in [1.807, 2.05) is 32.9 Å². The number of benzene rings is 1. The van der Waals surface area contributed by atoms with Gasteiger partial charge in [0.1, 0.15) is 5.58 Å². The van der Waals surface area contributed by atoms with Crippen LogP contribution in [0.5, 0.6) is 0 Å². The molecular weight excluding hydrogens is 226 g/mol. The van der Waals surface area contributed by atoms with Gasteiger partial charge in [-0.15, -0.1) is 0 Å². The van der Waals surface area contributed by atoms with Crippen molar-refractivity contribution in [3.63, 3.8) is 0 Å². The normalized spacial score (nSPS) is 11.2. The second-order valence-electron chi connectivity index (χ2n) is 4.87. The molecule has 0 radical (unpaired) electrons. The Labute approximate surface area is 107 Å². The summed E-state index contributed by atoms with van der Waals surface area (Å²) in [6, 6.07) is 6.18. The molecule has 0 saturated heterocycles. The van der Waals surface area contributed by atoms with Gasteiger partial charge in [0.2, 0.25) is 0 Å². The Hall–Kier alpha value is -1.77. The lowest BCUT2D eigenvalue weighted by atomic mass is 10.1. The molecule has 1 aromatic heterocycles. The van der Waals surface area contributed by atoms with Gasteiger partial charge in [0, 0.05) is 17.0 Å². The molecule has 1 N–H and O–H groups in total. The fraction of sp³-hybridized carbons (Fsp3) is 0.400. The standard InChI is InChI=1S/C15H19NO2/c1-5-11-6-7-13-12(8-11)10(4)14(18-13)15(17)16-9(2)3/h6-9H,5H2,1-4H3,(H,16,17). The van der Waals surface area contributed by atoms with Gasteiger partial charge in [-0.1, -0.05) is 13.0 Å². The van der Waals surface area contributed by atoms with E-state index in [9.17, 15) is 4.79 Å². The number of carbonyl (C=O) groups is 1. The minimum absolute atomic E-state index is 0.108. The molecule has 0 aliphatic rings. The molecule has 0 aliphatic carbocycles. The van der Waals surface area contributed by atoms with Crippen molar-refractivity contribution in [3.05, 3.63) is 35.1 Å². The second kappa shape index (κ2) is 4.84. The van der Waals surface area contributed by atoms with Crippen molar-refractivity contribution in [1.82, 2.24) is 5.32 Å². The first-order valence-electron chi connectivity index (χ1n) is 6.35. The number of aryl methyl sites for hydroxylation is 2. The third-order valence-electron chi connectivity index (χ3n) is 3.03. The van der Waals surface area contributed by atoms with E-state index in [1.54, 1.807) is 0 Å². The first kappa shape index (κ1) is 12.7. The molecule has 96 valence electrons. The summed E-state index contributed by atoms with van der Waals surface area (Å²) in [5.74, 6) is 0.281. The molecule has 1 aromatic carbocycles. The van der Waals surface area contributed by atoms with E-state index in [0.717, 1.165) is 23.0 Å². The quantitative estimate of drug-likeness (QED) is 0.900. The third kappa shape index (κ3) is 2.26. The minimum atomic E-state index is -0.142. The Balaban J connectivity index is 2.47. The maximum Gasteiger partial charge on any atom is 0.287 e. The number of hydrogen-bond acceptors (Lipinski definition) is 2. The zero-order valence-corrected chi connectivity index (χ0v) is 11.3. The molecule has 1 heterocycles. The van der Waals surface area contributed by atoms with E-state index in [4.69, 9.17) is 4.42 Å². The van der Waals surface area contributed by atoms with E-state index >= 15 is 0 Å². The van der Waals surface area contributed by atoms with E-state index in [2.05, 4.69) is 18.3 Å². The predicted molar refractivity (Wildman–Crippen MR) is 72.9 cm³/mol. The lowest BCUT2D eigenvalue weighted by molar-refractivity contribution is 0.0916. The van der Waals surface area contributed by atoms with Gasteiger partial charge in [-0.3, -0.25) is 4.79 Å². The van der Waals surface area contributed by atoms with Crippen LogP contribution in [-0.2, 0) is 6.42 Å². The van der Waals surface area contributed by atoms with Crippen LogP contribution >= 0.6 is 0 Å². The fourth-order valence-corrected chi connectivity index (χ4v) is 2.03. The second-order valence-corrected chi connectivity index (χ2v) is 4.87. The molecular formula is C15H19NO2. The number of fused-ring (bicyclic) bond motifs is 1. The molecule has 0 bridgehead atoms. The first-order chi connectivity index (χ1) is 8.52. The van der Waals surface area contributed by atoms with E-state index in [-0.39, 0.29) is 11.9 Å². The van der Waals surface area contributed by atoms with Crippen LogP contribution in [0.2, 0.25) is 0 Å². The Bertz CT molecular complexity index is 581. The molecule has 0 fully saturated rings. The number of rotatable bonds is 3. The van der Waals surface area contributed by atoms with Crippen LogP contribution in [0.4, 0.5) is 0 Å². The summed E-state index contributed by atoms with van der Waals surface area (Å²) in [4.78, 5) is 12.0. The molecule has 18 heavy (non-hydrogen) atoms. The molecule has 0 saturated carbocycles. The zero-order valence-electron chi connectivity index (χ0n) is 11.3. The first-order valence-corrected chi connectivity index (χ1v) is 6.35. The van der Waals surface area contributed by atoms with Gasteiger partial charge in [0.15, 0.2) is 5.76 Å². The molecule has 2 rings (SSSR count). The summed E-state index contributed by atoms with van der Waals surface area (Å²) >= 11 is 0. The lowest BCUT2D eigenvalue weighted by Gasteiger charge is -2.06. The molecule has 3 heteroatoms. The van der Waals surface area contributed by atoms with Crippen LogP contribution in [-0.4, -0.2) is 11.9 Å². The summed E-state index contributed by atoms with van der Waals surface area (Å²) in [7, 11) is 0. The van der Waals surface area contributed by atoms with Gasteiger partial charge in [0.25, 0.3) is 5.91 Å². The fourth-order valence-electron chi connectivity index (χ4n) is 2.03. The maximum absolute atomic E-state index is 12.0. The monoisotopic (exact) mass is 245 g/mol. The topological polar surface area (TPSA) is 42.2 Å². The molecule has 1 amide bonds. The third-order valence-corrected chi connectivity index (χ3v) is 3.03. The van der Waals surface area contributed by atoms with Crippen LogP contribution in [0, 0.1) is 6.92 Å². The highest BCUT2D eigenvalue weighted by atomic mass is 16.3. The van der Waals surface area contributed by atoms with Crippen molar-refractivity contribution in [3.8, 4) is 0 Å². The summed E-state index contributed by atoms with van der Waals surface area (Å²) in [5.41, 5.74) is 2.94. The Morgan fingerprint density at radius 1 is 1.39 bits per heavy atom. The lowest BCUT2D eigenvalue weighted by Crippen LogP contribution is -2.30. The summed E-state index contributed by atoms with van der Waals surface area (Å²) < 4.78 is 5.65. The SMILES string of the molecule is CCc1ccc2oc(C(=O)NC(C)C)c(C)c2c1. The van der Waals surface area contributed by atoms with Gasteiger partial charge in [-0.05, 0) is 44.9 Å². The number of nitrogens with one attached hydrogen (secondary N) is 1. The van der Waals surface area contributed by atoms with Crippen molar-refractivity contribution in [2.75, 3.05) is 0 Å². The Morgan fingerprint density at radius 2 is 2.11 bits per heavy atom. The summed E-state index contributed by atoms with van der Waals surface area (Å²) in [5, 5.41) is 3.89.